The van der Waals surface area contributed by atoms with Crippen molar-refractivity contribution < 1.29 is 4.79 Å². The van der Waals surface area contributed by atoms with Crippen LogP contribution in [0, 0.1) is 0 Å². The molecule has 1 aromatic carbocycles. The molecule has 1 aromatic heterocycles. The van der Waals surface area contributed by atoms with Crippen LogP contribution in [0.4, 0.5) is 17.1 Å². The zero-order valence-corrected chi connectivity index (χ0v) is 16.2. The number of amides is 1. The van der Waals surface area contributed by atoms with E-state index in [-0.39, 0.29) is 5.91 Å². The molecule has 0 radical (unpaired) electrons. The van der Waals surface area contributed by atoms with Crippen LogP contribution in [0.3, 0.4) is 0 Å². The second-order valence-corrected chi connectivity index (χ2v) is 7.21. The third-order valence-corrected chi connectivity index (χ3v) is 4.72. The molecule has 3 rings (SSSR count). The minimum atomic E-state index is -0.144. The van der Waals surface area contributed by atoms with Crippen LogP contribution in [0.25, 0.3) is 0 Å². The third kappa shape index (κ3) is 5.69. The largest absolute Gasteiger partial charge is 0.372 e. The van der Waals surface area contributed by atoms with E-state index in [1.54, 1.807) is 12.3 Å². The van der Waals surface area contributed by atoms with Crippen LogP contribution >= 0.6 is 0 Å². The first kappa shape index (κ1) is 19.2. The highest BCUT2D eigenvalue weighted by molar-refractivity contribution is 5.92. The fourth-order valence-electron chi connectivity index (χ4n) is 3.16. The maximum Gasteiger partial charge on any atom is 0.269 e. The smallest absolute Gasteiger partial charge is 0.269 e. The van der Waals surface area contributed by atoms with E-state index in [4.69, 9.17) is 0 Å². The molecule has 6 nitrogen and oxygen atoms in total. The fraction of sp³-hybridized carbons (Fsp3) is 0.429. The van der Waals surface area contributed by atoms with Crippen LogP contribution in [-0.4, -0.2) is 56.1 Å². The quantitative estimate of drug-likeness (QED) is 0.787. The van der Waals surface area contributed by atoms with E-state index in [0.29, 0.717) is 12.2 Å². The topological polar surface area (TPSA) is 60.5 Å². The third-order valence-electron chi connectivity index (χ3n) is 4.72. The zero-order valence-electron chi connectivity index (χ0n) is 16.2. The van der Waals surface area contributed by atoms with Gasteiger partial charge in [-0.2, -0.15) is 0 Å². The average molecular weight is 367 g/mol. The molecule has 27 heavy (non-hydrogen) atoms. The van der Waals surface area contributed by atoms with Crippen molar-refractivity contribution in [3.63, 3.8) is 0 Å². The highest BCUT2D eigenvalue weighted by Crippen LogP contribution is 2.23. The molecule has 2 N–H and O–H groups in total. The van der Waals surface area contributed by atoms with Crippen molar-refractivity contribution in [1.82, 2.24) is 15.2 Å². The van der Waals surface area contributed by atoms with Gasteiger partial charge < -0.3 is 20.4 Å². The van der Waals surface area contributed by atoms with Gasteiger partial charge in [-0.05, 0) is 69.8 Å². The molecule has 0 unspecified atom stereocenters. The fourth-order valence-corrected chi connectivity index (χ4v) is 3.16. The number of anilines is 3. The van der Waals surface area contributed by atoms with Gasteiger partial charge in [0.15, 0.2) is 0 Å². The molecule has 2 aromatic rings. The second-order valence-electron chi connectivity index (χ2n) is 7.21. The lowest BCUT2D eigenvalue weighted by atomic mass is 10.1. The van der Waals surface area contributed by atoms with Crippen molar-refractivity contribution in [3.8, 4) is 0 Å². The molecule has 0 spiro atoms. The first-order valence-electron chi connectivity index (χ1n) is 9.63. The Labute approximate surface area is 161 Å². The van der Waals surface area contributed by atoms with Gasteiger partial charge in [0.1, 0.15) is 5.69 Å². The number of nitrogens with zero attached hydrogens (tertiary/aromatic N) is 3. The van der Waals surface area contributed by atoms with Gasteiger partial charge in [-0.1, -0.05) is 0 Å². The van der Waals surface area contributed by atoms with Crippen LogP contribution < -0.4 is 15.5 Å². The summed E-state index contributed by atoms with van der Waals surface area (Å²) in [6, 6.07) is 12.1. The highest BCUT2D eigenvalue weighted by atomic mass is 16.1. The van der Waals surface area contributed by atoms with E-state index in [9.17, 15) is 4.79 Å². The Balaban J connectivity index is 1.54. The molecule has 0 saturated carbocycles. The van der Waals surface area contributed by atoms with Gasteiger partial charge in [0.2, 0.25) is 0 Å². The standard InChI is InChI=1S/C21H29N5O/c1-25(2)15-12-22-21(27)20-11-8-18(16-23-20)24-17-6-9-19(10-7-17)26-13-4-3-5-14-26/h6-11,16,24H,3-5,12-15H2,1-2H3,(H,22,27). The minimum Gasteiger partial charge on any atom is -0.372 e. The molecule has 2 heterocycles. The maximum atomic E-state index is 12.1. The van der Waals surface area contributed by atoms with E-state index in [0.717, 1.165) is 31.0 Å². The van der Waals surface area contributed by atoms with Crippen LogP contribution in [0.5, 0.6) is 0 Å². The van der Waals surface area contributed by atoms with Gasteiger partial charge in [0.25, 0.3) is 5.91 Å². The Morgan fingerprint density at radius 1 is 1.04 bits per heavy atom. The molecule has 1 aliphatic heterocycles. The van der Waals surface area contributed by atoms with E-state index in [1.807, 2.05) is 25.1 Å². The summed E-state index contributed by atoms with van der Waals surface area (Å²) >= 11 is 0. The number of pyridine rings is 1. The monoisotopic (exact) mass is 367 g/mol. The van der Waals surface area contributed by atoms with Gasteiger partial charge in [0, 0.05) is 37.6 Å². The Morgan fingerprint density at radius 3 is 2.37 bits per heavy atom. The second kappa shape index (κ2) is 9.37. The number of hydrogen-bond acceptors (Lipinski definition) is 5. The summed E-state index contributed by atoms with van der Waals surface area (Å²) in [4.78, 5) is 20.8. The number of likely N-dealkylation sites (N-methyl/N-ethyl adjacent to an activating group) is 1. The molecule has 6 heteroatoms. The molecular formula is C21H29N5O. The highest BCUT2D eigenvalue weighted by Gasteiger charge is 2.11. The van der Waals surface area contributed by atoms with Gasteiger partial charge in [0.05, 0.1) is 11.9 Å². The van der Waals surface area contributed by atoms with Crippen molar-refractivity contribution in [2.75, 3.05) is 50.5 Å². The van der Waals surface area contributed by atoms with Crippen LogP contribution in [-0.2, 0) is 0 Å². The summed E-state index contributed by atoms with van der Waals surface area (Å²) in [6.45, 7) is 3.71. The molecule has 0 atom stereocenters. The summed E-state index contributed by atoms with van der Waals surface area (Å²) in [7, 11) is 3.95. The predicted molar refractivity (Wildman–Crippen MR) is 111 cm³/mol. The van der Waals surface area contributed by atoms with Crippen LogP contribution in [0.2, 0.25) is 0 Å². The summed E-state index contributed by atoms with van der Waals surface area (Å²) in [5.41, 5.74) is 3.59. The molecule has 1 fully saturated rings. The zero-order chi connectivity index (χ0) is 19.1. The molecule has 1 aliphatic rings. The van der Waals surface area contributed by atoms with Crippen LogP contribution in [0.1, 0.15) is 29.8 Å². The Bertz CT molecular complexity index is 721. The summed E-state index contributed by atoms with van der Waals surface area (Å²) in [5.74, 6) is -0.144. The minimum absolute atomic E-state index is 0.144. The van der Waals surface area contributed by atoms with Gasteiger partial charge in [-0.15, -0.1) is 0 Å². The first-order chi connectivity index (χ1) is 13.1. The SMILES string of the molecule is CN(C)CCNC(=O)c1ccc(Nc2ccc(N3CCCCC3)cc2)cn1. The van der Waals surface area contributed by atoms with Gasteiger partial charge in [-0.3, -0.25) is 4.79 Å². The van der Waals surface area contributed by atoms with Crippen LogP contribution in [0.15, 0.2) is 42.6 Å². The number of carbonyl (C=O) groups excluding carboxylic acids is 1. The lowest BCUT2D eigenvalue weighted by Crippen LogP contribution is -2.31. The number of rotatable bonds is 7. The molecule has 0 bridgehead atoms. The number of nitrogens with one attached hydrogen (secondary N) is 2. The molecule has 1 amide bonds. The number of aromatic nitrogens is 1. The van der Waals surface area contributed by atoms with Crippen molar-refractivity contribution in [2.45, 2.75) is 19.3 Å². The maximum absolute atomic E-state index is 12.1. The van der Waals surface area contributed by atoms with Gasteiger partial charge in [-0.25, -0.2) is 4.98 Å². The summed E-state index contributed by atoms with van der Waals surface area (Å²) < 4.78 is 0. The molecule has 0 aliphatic carbocycles. The van der Waals surface area contributed by atoms with Crippen molar-refractivity contribution in [3.05, 3.63) is 48.3 Å². The summed E-state index contributed by atoms with van der Waals surface area (Å²) in [5, 5.41) is 6.21. The van der Waals surface area contributed by atoms with E-state index < -0.39 is 0 Å². The van der Waals surface area contributed by atoms with E-state index >= 15 is 0 Å². The van der Waals surface area contributed by atoms with Crippen molar-refractivity contribution >= 4 is 23.0 Å². The Morgan fingerprint density at radius 2 is 1.74 bits per heavy atom. The Hall–Kier alpha value is -2.60. The summed E-state index contributed by atoms with van der Waals surface area (Å²) in [6.07, 6.45) is 5.59. The number of piperidine rings is 1. The molecular weight excluding hydrogens is 338 g/mol. The lowest BCUT2D eigenvalue weighted by molar-refractivity contribution is 0.0946. The lowest BCUT2D eigenvalue weighted by Gasteiger charge is -2.28. The van der Waals surface area contributed by atoms with E-state index in [1.165, 1.54) is 24.9 Å². The molecule has 144 valence electrons. The Kier molecular flexibility index (Phi) is 6.65. The first-order valence-corrected chi connectivity index (χ1v) is 9.63. The van der Waals surface area contributed by atoms with Crippen molar-refractivity contribution in [1.29, 1.82) is 0 Å². The normalized spacial score (nSPS) is 14.3. The number of carbonyl (C=O) groups is 1. The average Bonchev–Trinajstić information content (AvgIpc) is 2.69. The number of hydrogen-bond donors (Lipinski definition) is 2. The van der Waals surface area contributed by atoms with Gasteiger partial charge >= 0.3 is 0 Å². The van der Waals surface area contributed by atoms with E-state index in [2.05, 4.69) is 44.8 Å². The number of benzene rings is 1. The predicted octanol–water partition coefficient (Wildman–Crippen LogP) is 3.11. The van der Waals surface area contributed by atoms with Crippen molar-refractivity contribution in [2.24, 2.45) is 0 Å². The molecule has 1 saturated heterocycles.